The lowest BCUT2D eigenvalue weighted by Crippen LogP contribution is -2.42. The van der Waals surface area contributed by atoms with Gasteiger partial charge in [0, 0.05) is 13.1 Å². The summed E-state index contributed by atoms with van der Waals surface area (Å²) in [5.41, 5.74) is 0.844. The van der Waals surface area contributed by atoms with Gasteiger partial charge in [-0.2, -0.15) is 0 Å². The maximum absolute atomic E-state index is 11.9. The number of esters is 2. The van der Waals surface area contributed by atoms with Crippen molar-refractivity contribution < 1.29 is 29.0 Å². The number of nitrogens with zero attached hydrogens (tertiary/aromatic N) is 1. The summed E-state index contributed by atoms with van der Waals surface area (Å²) >= 11 is 0. The number of benzene rings is 1. The first-order valence-electron chi connectivity index (χ1n) is 7.40. The van der Waals surface area contributed by atoms with E-state index < -0.39 is 30.6 Å². The summed E-state index contributed by atoms with van der Waals surface area (Å²) in [4.78, 5) is 35.6. The molecule has 0 radical (unpaired) electrons. The number of amides is 1. The molecule has 1 aromatic rings. The second-order valence-electron chi connectivity index (χ2n) is 5.32. The highest BCUT2D eigenvalue weighted by Gasteiger charge is 2.29. The molecule has 1 heterocycles. The van der Waals surface area contributed by atoms with Crippen LogP contribution in [0.25, 0.3) is 0 Å². The molecule has 0 aromatic heterocycles. The van der Waals surface area contributed by atoms with E-state index in [1.807, 2.05) is 30.3 Å². The van der Waals surface area contributed by atoms with E-state index in [9.17, 15) is 14.4 Å². The van der Waals surface area contributed by atoms with Crippen molar-refractivity contribution in [1.29, 1.82) is 0 Å². The summed E-state index contributed by atoms with van der Waals surface area (Å²) in [5.74, 6) is -1.72. The fourth-order valence-electron chi connectivity index (χ4n) is 2.37. The fourth-order valence-corrected chi connectivity index (χ4v) is 2.37. The SMILES string of the molecule is O=C(COC(=O)C1CCCN(C(=O)O)C1)OCc1ccccc1. The largest absolute Gasteiger partial charge is 0.465 e. The number of carbonyl (C=O) groups is 3. The van der Waals surface area contributed by atoms with E-state index in [0.29, 0.717) is 19.4 Å². The van der Waals surface area contributed by atoms with Crippen molar-refractivity contribution in [3.05, 3.63) is 35.9 Å². The number of carboxylic acid groups (broad SMARTS) is 1. The number of piperidine rings is 1. The Morgan fingerprint density at radius 1 is 1.17 bits per heavy atom. The first-order valence-corrected chi connectivity index (χ1v) is 7.40. The standard InChI is InChI=1S/C16H19NO6/c18-14(22-10-12-5-2-1-3-6-12)11-23-15(19)13-7-4-8-17(9-13)16(20)21/h1-3,5-6,13H,4,7-11H2,(H,20,21). The average molecular weight is 321 g/mol. The van der Waals surface area contributed by atoms with Crippen molar-refractivity contribution in [1.82, 2.24) is 4.90 Å². The highest BCUT2D eigenvalue weighted by Crippen LogP contribution is 2.17. The number of likely N-dealkylation sites (tertiary alicyclic amines) is 1. The lowest BCUT2D eigenvalue weighted by Gasteiger charge is -2.29. The zero-order valence-corrected chi connectivity index (χ0v) is 12.6. The van der Waals surface area contributed by atoms with Gasteiger partial charge in [0.2, 0.25) is 0 Å². The van der Waals surface area contributed by atoms with Gasteiger partial charge in [-0.05, 0) is 18.4 Å². The lowest BCUT2D eigenvalue weighted by molar-refractivity contribution is -0.162. The van der Waals surface area contributed by atoms with Crippen molar-refractivity contribution in [3.63, 3.8) is 0 Å². The van der Waals surface area contributed by atoms with Gasteiger partial charge in [0.15, 0.2) is 6.61 Å². The van der Waals surface area contributed by atoms with Crippen LogP contribution in [-0.4, -0.2) is 47.7 Å². The molecule has 7 heteroatoms. The Labute approximate surface area is 133 Å². The van der Waals surface area contributed by atoms with Crippen molar-refractivity contribution >= 4 is 18.0 Å². The molecule has 124 valence electrons. The molecular formula is C16H19NO6. The summed E-state index contributed by atoms with van der Waals surface area (Å²) < 4.78 is 9.93. The monoisotopic (exact) mass is 321 g/mol. The van der Waals surface area contributed by atoms with Gasteiger partial charge < -0.3 is 19.5 Å². The van der Waals surface area contributed by atoms with Crippen LogP contribution >= 0.6 is 0 Å². The zero-order chi connectivity index (χ0) is 16.7. The number of hydrogen-bond donors (Lipinski definition) is 1. The highest BCUT2D eigenvalue weighted by molar-refractivity contribution is 5.78. The van der Waals surface area contributed by atoms with Gasteiger partial charge in [-0.3, -0.25) is 4.79 Å². The van der Waals surface area contributed by atoms with E-state index >= 15 is 0 Å². The van der Waals surface area contributed by atoms with E-state index in [1.165, 1.54) is 4.90 Å². The summed E-state index contributed by atoms with van der Waals surface area (Å²) in [6.07, 6.45) is 0.108. The summed E-state index contributed by atoms with van der Waals surface area (Å²) in [5, 5.41) is 8.93. The maximum Gasteiger partial charge on any atom is 0.407 e. The summed E-state index contributed by atoms with van der Waals surface area (Å²) in [7, 11) is 0. The molecule has 1 saturated heterocycles. The highest BCUT2D eigenvalue weighted by atomic mass is 16.6. The molecule has 1 amide bonds. The molecule has 1 atom stereocenters. The van der Waals surface area contributed by atoms with E-state index in [2.05, 4.69) is 0 Å². The van der Waals surface area contributed by atoms with Gasteiger partial charge in [0.25, 0.3) is 0 Å². The molecule has 0 spiro atoms. The van der Waals surface area contributed by atoms with Crippen LogP contribution in [0.1, 0.15) is 18.4 Å². The van der Waals surface area contributed by atoms with Crippen LogP contribution in [-0.2, 0) is 25.7 Å². The van der Waals surface area contributed by atoms with Gasteiger partial charge in [0.1, 0.15) is 6.61 Å². The molecule has 2 rings (SSSR count). The van der Waals surface area contributed by atoms with Gasteiger partial charge in [-0.25, -0.2) is 9.59 Å². The molecular weight excluding hydrogens is 302 g/mol. The topological polar surface area (TPSA) is 93.1 Å². The average Bonchev–Trinajstić information content (AvgIpc) is 2.58. The second-order valence-corrected chi connectivity index (χ2v) is 5.32. The van der Waals surface area contributed by atoms with Crippen molar-refractivity contribution in [2.75, 3.05) is 19.7 Å². The minimum absolute atomic E-state index is 0.104. The van der Waals surface area contributed by atoms with Crippen LogP contribution in [0.5, 0.6) is 0 Å². The first-order chi connectivity index (χ1) is 11.1. The number of carbonyl (C=O) groups excluding carboxylic acids is 2. The Hall–Kier alpha value is -2.57. The van der Waals surface area contributed by atoms with Crippen molar-refractivity contribution in [3.8, 4) is 0 Å². The van der Waals surface area contributed by atoms with Crippen LogP contribution in [0.15, 0.2) is 30.3 Å². The predicted octanol–water partition coefficient (Wildman–Crippen LogP) is 1.66. The second kappa shape index (κ2) is 8.17. The summed E-state index contributed by atoms with van der Waals surface area (Å²) in [6.45, 7) is 0.175. The van der Waals surface area contributed by atoms with Crippen LogP contribution < -0.4 is 0 Å². The van der Waals surface area contributed by atoms with E-state index in [0.717, 1.165) is 5.56 Å². The minimum atomic E-state index is -1.05. The van der Waals surface area contributed by atoms with Crippen LogP contribution in [0.4, 0.5) is 4.79 Å². The van der Waals surface area contributed by atoms with E-state index in [1.54, 1.807) is 0 Å². The van der Waals surface area contributed by atoms with Gasteiger partial charge in [0.05, 0.1) is 5.92 Å². The van der Waals surface area contributed by atoms with Crippen LogP contribution in [0.2, 0.25) is 0 Å². The normalized spacial score (nSPS) is 17.4. The molecule has 7 nitrogen and oxygen atoms in total. The molecule has 1 aliphatic heterocycles. The maximum atomic E-state index is 11.9. The molecule has 1 aromatic carbocycles. The molecule has 23 heavy (non-hydrogen) atoms. The number of rotatable bonds is 5. The third kappa shape index (κ3) is 5.28. The predicted molar refractivity (Wildman–Crippen MR) is 79.5 cm³/mol. The van der Waals surface area contributed by atoms with Gasteiger partial charge >= 0.3 is 18.0 Å². The van der Waals surface area contributed by atoms with Crippen LogP contribution in [0.3, 0.4) is 0 Å². The van der Waals surface area contributed by atoms with E-state index in [4.69, 9.17) is 14.6 Å². The third-order valence-corrected chi connectivity index (χ3v) is 3.60. The van der Waals surface area contributed by atoms with Gasteiger partial charge in [-0.15, -0.1) is 0 Å². The summed E-state index contributed by atoms with van der Waals surface area (Å²) in [6, 6.07) is 9.17. The molecule has 1 N–H and O–H groups in total. The van der Waals surface area contributed by atoms with Crippen LogP contribution in [0, 0.1) is 5.92 Å². The van der Waals surface area contributed by atoms with E-state index in [-0.39, 0.29) is 13.2 Å². The Bertz CT molecular complexity index is 559. The molecule has 1 fully saturated rings. The Morgan fingerprint density at radius 3 is 2.61 bits per heavy atom. The zero-order valence-electron chi connectivity index (χ0n) is 12.6. The quantitative estimate of drug-likeness (QED) is 0.829. The third-order valence-electron chi connectivity index (χ3n) is 3.60. The number of hydrogen-bond acceptors (Lipinski definition) is 5. The smallest absolute Gasteiger partial charge is 0.407 e. The van der Waals surface area contributed by atoms with Gasteiger partial charge in [-0.1, -0.05) is 30.3 Å². The Kier molecular flexibility index (Phi) is 5.96. The lowest BCUT2D eigenvalue weighted by atomic mass is 9.99. The van der Waals surface area contributed by atoms with Crippen molar-refractivity contribution in [2.24, 2.45) is 5.92 Å². The molecule has 1 aliphatic rings. The molecule has 0 aliphatic carbocycles. The molecule has 0 bridgehead atoms. The first kappa shape index (κ1) is 16.8. The fraction of sp³-hybridized carbons (Fsp3) is 0.438. The molecule has 1 unspecified atom stereocenters. The molecule has 0 saturated carbocycles. The number of ether oxygens (including phenoxy) is 2. The Balaban J connectivity index is 1.71. The Morgan fingerprint density at radius 2 is 1.91 bits per heavy atom. The van der Waals surface area contributed by atoms with Crippen molar-refractivity contribution in [2.45, 2.75) is 19.4 Å². The minimum Gasteiger partial charge on any atom is -0.465 e.